The van der Waals surface area contributed by atoms with Crippen molar-refractivity contribution < 1.29 is 4.92 Å². The van der Waals surface area contributed by atoms with Crippen molar-refractivity contribution in [2.75, 3.05) is 0 Å². The van der Waals surface area contributed by atoms with E-state index in [2.05, 4.69) is 12.0 Å². The first-order chi connectivity index (χ1) is 7.19. The molecule has 0 saturated carbocycles. The fourth-order valence-electron chi connectivity index (χ4n) is 1.52. The summed E-state index contributed by atoms with van der Waals surface area (Å²) in [5.74, 6) is -0.0386. The van der Waals surface area contributed by atoms with Gasteiger partial charge in [0.15, 0.2) is 0 Å². The lowest BCUT2D eigenvalue weighted by molar-refractivity contribution is -0.389. The average molecular weight is 211 g/mol. The van der Waals surface area contributed by atoms with Crippen LogP contribution in [0.3, 0.4) is 0 Å². The van der Waals surface area contributed by atoms with Gasteiger partial charge in [0, 0.05) is 0 Å². The number of rotatable bonds is 6. The van der Waals surface area contributed by atoms with E-state index in [4.69, 9.17) is 0 Å². The van der Waals surface area contributed by atoms with Crippen molar-refractivity contribution in [2.45, 2.75) is 46.1 Å². The topological polar surface area (TPSA) is 61.0 Å². The lowest BCUT2D eigenvalue weighted by Gasteiger charge is -1.99. The minimum absolute atomic E-state index is 0.0386. The average Bonchev–Trinajstić information content (AvgIpc) is 2.62. The van der Waals surface area contributed by atoms with E-state index in [0.29, 0.717) is 0 Å². The Morgan fingerprint density at radius 2 is 2.20 bits per heavy atom. The van der Waals surface area contributed by atoms with Crippen LogP contribution in [-0.2, 0) is 13.0 Å². The predicted molar refractivity (Wildman–Crippen MR) is 57.8 cm³/mol. The van der Waals surface area contributed by atoms with Crippen LogP contribution in [0.1, 0.15) is 38.8 Å². The van der Waals surface area contributed by atoms with E-state index in [9.17, 15) is 10.1 Å². The molecule has 0 aliphatic rings. The molecule has 84 valence electrons. The Kier molecular flexibility index (Phi) is 4.27. The normalized spacial score (nSPS) is 10.5. The zero-order valence-corrected chi connectivity index (χ0v) is 9.27. The fraction of sp³-hybridized carbons (Fsp3) is 0.700. The quantitative estimate of drug-likeness (QED) is 0.412. The largest absolute Gasteiger partial charge is 0.390 e. The van der Waals surface area contributed by atoms with Crippen LogP contribution in [-0.4, -0.2) is 14.7 Å². The molecule has 0 N–H and O–H groups in total. The van der Waals surface area contributed by atoms with Gasteiger partial charge in [0.1, 0.15) is 0 Å². The minimum atomic E-state index is -0.435. The fourth-order valence-corrected chi connectivity index (χ4v) is 1.52. The van der Waals surface area contributed by atoms with Gasteiger partial charge in [-0.3, -0.25) is 0 Å². The van der Waals surface area contributed by atoms with Crippen LogP contribution < -0.4 is 0 Å². The number of nitro groups is 1. The van der Waals surface area contributed by atoms with Crippen LogP contribution in [0.25, 0.3) is 0 Å². The van der Waals surface area contributed by atoms with Crippen molar-refractivity contribution in [2.24, 2.45) is 0 Å². The molecule has 0 aliphatic carbocycles. The van der Waals surface area contributed by atoms with Crippen LogP contribution in [0, 0.1) is 10.1 Å². The molecule has 0 saturated heterocycles. The molecular weight excluding hydrogens is 194 g/mol. The smallest absolute Gasteiger partial charge is 0.358 e. The Bertz CT molecular complexity index is 333. The molecule has 15 heavy (non-hydrogen) atoms. The van der Waals surface area contributed by atoms with E-state index < -0.39 is 4.92 Å². The highest BCUT2D eigenvalue weighted by molar-refractivity contribution is 5.21. The second kappa shape index (κ2) is 5.48. The van der Waals surface area contributed by atoms with Gasteiger partial charge in [-0.05, 0) is 17.8 Å². The molecule has 0 aliphatic heterocycles. The summed E-state index contributed by atoms with van der Waals surface area (Å²) in [5, 5.41) is 14.5. The highest BCUT2D eigenvalue weighted by Crippen LogP contribution is 2.13. The van der Waals surface area contributed by atoms with Crippen LogP contribution >= 0.6 is 0 Å². The van der Waals surface area contributed by atoms with Gasteiger partial charge in [0.25, 0.3) is 0 Å². The molecule has 0 radical (unpaired) electrons. The SMILES string of the molecule is CCCCCn1nc([N+](=O)[O-])cc1CC. The maximum atomic E-state index is 10.5. The molecule has 1 aromatic rings. The molecule has 0 bridgehead atoms. The highest BCUT2D eigenvalue weighted by Gasteiger charge is 2.15. The first kappa shape index (κ1) is 11.7. The summed E-state index contributed by atoms with van der Waals surface area (Å²) in [6.45, 7) is 4.90. The molecule has 0 aromatic carbocycles. The lowest BCUT2D eigenvalue weighted by atomic mass is 10.2. The zero-order valence-electron chi connectivity index (χ0n) is 9.27. The third-order valence-electron chi connectivity index (χ3n) is 2.37. The van der Waals surface area contributed by atoms with Gasteiger partial charge in [-0.15, -0.1) is 0 Å². The highest BCUT2D eigenvalue weighted by atomic mass is 16.6. The van der Waals surface area contributed by atoms with Gasteiger partial charge in [-0.25, -0.2) is 0 Å². The summed E-state index contributed by atoms with van der Waals surface area (Å²) in [6, 6.07) is 1.56. The minimum Gasteiger partial charge on any atom is -0.358 e. The lowest BCUT2D eigenvalue weighted by Crippen LogP contribution is -2.04. The van der Waals surface area contributed by atoms with Gasteiger partial charge in [0.05, 0.1) is 23.4 Å². The van der Waals surface area contributed by atoms with Crippen molar-refractivity contribution in [3.8, 4) is 0 Å². The third-order valence-corrected chi connectivity index (χ3v) is 2.37. The molecule has 0 spiro atoms. The molecule has 1 heterocycles. The first-order valence-electron chi connectivity index (χ1n) is 5.40. The van der Waals surface area contributed by atoms with Crippen LogP contribution in [0.2, 0.25) is 0 Å². The maximum Gasteiger partial charge on any atom is 0.390 e. The summed E-state index contributed by atoms with van der Waals surface area (Å²) in [4.78, 5) is 10.1. The van der Waals surface area contributed by atoms with Gasteiger partial charge < -0.3 is 10.1 Å². The predicted octanol–water partition coefficient (Wildman–Crippen LogP) is 2.54. The van der Waals surface area contributed by atoms with Crippen molar-refractivity contribution in [3.63, 3.8) is 0 Å². The number of nitrogens with zero attached hydrogens (tertiary/aromatic N) is 3. The van der Waals surface area contributed by atoms with Gasteiger partial charge in [-0.1, -0.05) is 26.7 Å². The summed E-state index contributed by atoms with van der Waals surface area (Å²) in [7, 11) is 0. The molecule has 0 amide bonds. The van der Waals surface area contributed by atoms with Gasteiger partial charge >= 0.3 is 5.82 Å². The molecule has 0 unspecified atom stereocenters. The summed E-state index contributed by atoms with van der Waals surface area (Å²) in [6.07, 6.45) is 4.09. The first-order valence-corrected chi connectivity index (χ1v) is 5.40. The van der Waals surface area contributed by atoms with Crippen molar-refractivity contribution in [3.05, 3.63) is 21.9 Å². The number of hydrogen-bond donors (Lipinski definition) is 0. The van der Waals surface area contributed by atoms with Crippen LogP contribution in [0.5, 0.6) is 0 Å². The van der Waals surface area contributed by atoms with Crippen molar-refractivity contribution >= 4 is 5.82 Å². The van der Waals surface area contributed by atoms with Crippen LogP contribution in [0.4, 0.5) is 5.82 Å². The van der Waals surface area contributed by atoms with Crippen molar-refractivity contribution in [1.82, 2.24) is 9.78 Å². The summed E-state index contributed by atoms with van der Waals surface area (Å²) in [5.41, 5.74) is 0.942. The number of unbranched alkanes of at least 4 members (excludes halogenated alkanes) is 2. The van der Waals surface area contributed by atoms with E-state index in [1.165, 1.54) is 0 Å². The number of aromatic nitrogens is 2. The van der Waals surface area contributed by atoms with Gasteiger partial charge in [-0.2, -0.15) is 4.68 Å². The molecule has 1 rings (SSSR count). The Morgan fingerprint density at radius 1 is 1.47 bits per heavy atom. The summed E-state index contributed by atoms with van der Waals surface area (Å²) < 4.78 is 1.76. The molecule has 5 nitrogen and oxygen atoms in total. The number of aryl methyl sites for hydroxylation is 2. The van der Waals surface area contributed by atoms with Gasteiger partial charge in [0.2, 0.25) is 0 Å². The van der Waals surface area contributed by atoms with Crippen LogP contribution in [0.15, 0.2) is 6.07 Å². The monoisotopic (exact) mass is 211 g/mol. The third kappa shape index (κ3) is 3.04. The Balaban J connectivity index is 2.72. The Labute approximate surface area is 89.2 Å². The molecule has 5 heteroatoms. The summed E-state index contributed by atoms with van der Waals surface area (Å²) >= 11 is 0. The van der Waals surface area contributed by atoms with E-state index in [1.807, 2.05) is 6.92 Å². The Hall–Kier alpha value is -1.39. The second-order valence-corrected chi connectivity index (χ2v) is 3.53. The standard InChI is InChI=1S/C10H17N3O2/c1-3-5-6-7-12-9(4-2)8-10(11-12)13(14)15/h8H,3-7H2,1-2H3. The zero-order chi connectivity index (χ0) is 11.3. The number of hydrogen-bond acceptors (Lipinski definition) is 3. The maximum absolute atomic E-state index is 10.5. The van der Waals surface area contributed by atoms with Crippen molar-refractivity contribution in [1.29, 1.82) is 0 Å². The van der Waals surface area contributed by atoms with E-state index >= 15 is 0 Å². The molecular formula is C10H17N3O2. The Morgan fingerprint density at radius 3 is 2.73 bits per heavy atom. The van der Waals surface area contributed by atoms with E-state index in [1.54, 1.807) is 10.7 Å². The van der Waals surface area contributed by atoms with E-state index in [-0.39, 0.29) is 5.82 Å². The molecule has 0 atom stereocenters. The molecule has 0 fully saturated rings. The second-order valence-electron chi connectivity index (χ2n) is 3.53. The molecule has 1 aromatic heterocycles. The van der Waals surface area contributed by atoms with E-state index in [0.717, 1.165) is 37.9 Å².